The summed E-state index contributed by atoms with van der Waals surface area (Å²) in [6.45, 7) is 4.64. The zero-order chi connectivity index (χ0) is 30.3. The summed E-state index contributed by atoms with van der Waals surface area (Å²) in [6.07, 6.45) is 3.69. The van der Waals surface area contributed by atoms with E-state index >= 15 is 0 Å². The van der Waals surface area contributed by atoms with Crippen LogP contribution in [0.3, 0.4) is 0 Å². The van der Waals surface area contributed by atoms with Crippen LogP contribution in [-0.2, 0) is 32.7 Å². The van der Waals surface area contributed by atoms with Gasteiger partial charge in [0.25, 0.3) is 5.91 Å². The number of nitrogens with zero attached hydrogens (tertiary/aromatic N) is 6. The number of morpholine rings is 1. The van der Waals surface area contributed by atoms with Crippen LogP contribution < -0.4 is 11.1 Å². The Labute approximate surface area is 252 Å². The molecule has 2 saturated heterocycles. The van der Waals surface area contributed by atoms with Crippen molar-refractivity contribution in [1.29, 1.82) is 0 Å². The van der Waals surface area contributed by atoms with Gasteiger partial charge in [-0.1, -0.05) is 17.3 Å². The number of fused-ring (bicyclic) bond motifs is 2. The van der Waals surface area contributed by atoms with Crippen molar-refractivity contribution in [1.82, 2.24) is 28.4 Å². The van der Waals surface area contributed by atoms with E-state index in [9.17, 15) is 18.0 Å². The van der Waals surface area contributed by atoms with Crippen LogP contribution in [0.2, 0.25) is 0 Å². The lowest BCUT2D eigenvalue weighted by Crippen LogP contribution is -2.58. The number of hydrogen-bond donors (Lipinski definition) is 3. The van der Waals surface area contributed by atoms with Crippen molar-refractivity contribution in [2.45, 2.75) is 38.4 Å². The van der Waals surface area contributed by atoms with Crippen LogP contribution in [0.4, 0.5) is 0 Å². The summed E-state index contributed by atoms with van der Waals surface area (Å²) in [6, 6.07) is 4.56. The highest BCUT2D eigenvalue weighted by Crippen LogP contribution is 2.28. The molecule has 0 saturated carbocycles. The molecule has 230 valence electrons. The maximum Gasteiger partial charge on any atom is 0.307 e. The molecule has 2 aromatic heterocycles. The number of thiazole rings is 1. The number of aromatic nitrogens is 2. The summed E-state index contributed by atoms with van der Waals surface area (Å²) in [5.41, 5.74) is 7.07. The second kappa shape index (κ2) is 11.8. The van der Waals surface area contributed by atoms with E-state index in [4.69, 9.17) is 15.7 Å². The van der Waals surface area contributed by atoms with Crippen LogP contribution >= 0.6 is 11.3 Å². The fraction of sp³-hybridized carbons (Fsp3) is 0.481. The largest absolute Gasteiger partial charge is 0.409 e. The van der Waals surface area contributed by atoms with Gasteiger partial charge in [-0.15, -0.1) is 11.3 Å². The normalized spacial score (nSPS) is 22.1. The molecule has 0 radical (unpaired) electrons. The zero-order valence-corrected chi connectivity index (χ0v) is 25.3. The van der Waals surface area contributed by atoms with Gasteiger partial charge in [0.2, 0.25) is 5.91 Å². The number of rotatable bonds is 6. The molecular formula is C27H34N8O6S2. The summed E-state index contributed by atoms with van der Waals surface area (Å²) >= 11 is 1.35. The first kappa shape index (κ1) is 29.5. The van der Waals surface area contributed by atoms with Crippen LogP contribution in [0.1, 0.15) is 39.3 Å². The van der Waals surface area contributed by atoms with Gasteiger partial charge < -0.3 is 30.8 Å². The lowest BCUT2D eigenvalue weighted by molar-refractivity contribution is -0.136. The fourth-order valence-corrected chi connectivity index (χ4v) is 8.17. The molecule has 14 nitrogen and oxygen atoms in total. The van der Waals surface area contributed by atoms with Gasteiger partial charge in [-0.05, 0) is 13.0 Å². The zero-order valence-electron chi connectivity index (χ0n) is 23.7. The van der Waals surface area contributed by atoms with Gasteiger partial charge in [-0.2, -0.15) is 12.7 Å². The third kappa shape index (κ3) is 5.84. The number of amidine groups is 1. The van der Waals surface area contributed by atoms with Crippen LogP contribution in [0.5, 0.6) is 0 Å². The lowest BCUT2D eigenvalue weighted by Gasteiger charge is -2.41. The molecule has 3 aliphatic rings. The third-order valence-electron chi connectivity index (χ3n) is 8.17. The minimum absolute atomic E-state index is 0.0157. The number of piperazine rings is 1. The lowest BCUT2D eigenvalue weighted by atomic mass is 10.1. The van der Waals surface area contributed by atoms with E-state index in [1.54, 1.807) is 28.0 Å². The molecule has 2 amide bonds. The Morgan fingerprint density at radius 3 is 2.72 bits per heavy atom. The molecular weight excluding hydrogens is 596 g/mol. The SMILES string of the molecule is CC1Cc2nc(C(=O)N3CCN(S(=O)(=O)n4cc5ccc(/C(N)=N/O)cc5c4)CC3CC(=O)N3CCOCC3)sc2CN1. The van der Waals surface area contributed by atoms with Gasteiger partial charge in [-0.3, -0.25) is 9.59 Å². The summed E-state index contributed by atoms with van der Waals surface area (Å²) in [7, 11) is -4.04. The Morgan fingerprint density at radius 1 is 1.19 bits per heavy atom. The van der Waals surface area contributed by atoms with E-state index in [0.717, 1.165) is 21.0 Å². The molecule has 0 spiro atoms. The molecule has 16 heteroatoms. The number of nitrogens with one attached hydrogen (secondary N) is 1. The number of amides is 2. The number of nitrogens with two attached hydrogens (primary N) is 1. The van der Waals surface area contributed by atoms with Gasteiger partial charge in [-0.25, -0.2) is 8.96 Å². The Hall–Kier alpha value is -3.57. The van der Waals surface area contributed by atoms with E-state index in [1.807, 2.05) is 0 Å². The maximum atomic E-state index is 13.8. The van der Waals surface area contributed by atoms with Crippen molar-refractivity contribution < 1.29 is 28.0 Å². The summed E-state index contributed by atoms with van der Waals surface area (Å²) in [5.74, 6) is -0.520. The molecule has 4 N–H and O–H groups in total. The number of carbonyl (C=O) groups is 2. The highest BCUT2D eigenvalue weighted by molar-refractivity contribution is 7.87. The third-order valence-corrected chi connectivity index (χ3v) is 11.0. The van der Waals surface area contributed by atoms with Crippen molar-refractivity contribution in [3.8, 4) is 0 Å². The minimum Gasteiger partial charge on any atom is -0.409 e. The molecule has 0 bridgehead atoms. The molecule has 2 fully saturated rings. The molecule has 3 aromatic rings. The average Bonchev–Trinajstić information content (AvgIpc) is 3.65. The van der Waals surface area contributed by atoms with Crippen molar-refractivity contribution in [3.05, 3.63) is 51.7 Å². The van der Waals surface area contributed by atoms with Gasteiger partial charge in [0, 0.05) is 91.8 Å². The Bertz CT molecular complexity index is 1680. The van der Waals surface area contributed by atoms with Gasteiger partial charge in [0.15, 0.2) is 10.8 Å². The van der Waals surface area contributed by atoms with Crippen LogP contribution in [0, 0.1) is 0 Å². The Morgan fingerprint density at radius 2 is 1.95 bits per heavy atom. The molecule has 2 atom stereocenters. The molecule has 5 heterocycles. The minimum atomic E-state index is -4.04. The smallest absolute Gasteiger partial charge is 0.307 e. The van der Waals surface area contributed by atoms with E-state index in [0.29, 0.717) is 54.2 Å². The average molecular weight is 631 g/mol. The van der Waals surface area contributed by atoms with Crippen LogP contribution in [-0.4, -0.2) is 112 Å². The number of oxime groups is 1. The first-order valence-corrected chi connectivity index (χ1v) is 16.3. The predicted molar refractivity (Wildman–Crippen MR) is 159 cm³/mol. The standard InChI is InChI=1S/C27H34N8O6S2/c1-17-10-22-23(13-29-17)42-26(30-22)27(37)35-5-4-33(16-21(35)12-24(36)32-6-8-41-9-7-32)43(39,40)34-14-19-3-2-18(25(28)31-38)11-20(19)15-34/h2-3,11,14-15,17,21,29,38H,4-10,12-13,16H2,1H3,(H2,28,31). The number of hydrogen-bond acceptors (Lipinski definition) is 10. The molecule has 2 unspecified atom stereocenters. The second-order valence-corrected chi connectivity index (χ2v) is 13.9. The van der Waals surface area contributed by atoms with E-state index in [-0.39, 0.29) is 49.7 Å². The molecule has 3 aliphatic heterocycles. The number of ether oxygens (including phenoxy) is 1. The summed E-state index contributed by atoms with van der Waals surface area (Å²) < 4.78 is 35.5. The van der Waals surface area contributed by atoms with Crippen molar-refractivity contribution >= 4 is 50.0 Å². The van der Waals surface area contributed by atoms with Gasteiger partial charge in [0.1, 0.15) is 0 Å². The van der Waals surface area contributed by atoms with E-state index in [1.165, 1.54) is 28.0 Å². The van der Waals surface area contributed by atoms with Crippen molar-refractivity contribution in [2.75, 3.05) is 45.9 Å². The Balaban J connectivity index is 1.27. The highest BCUT2D eigenvalue weighted by Gasteiger charge is 2.39. The molecule has 0 aliphatic carbocycles. The highest BCUT2D eigenvalue weighted by atomic mass is 32.2. The van der Waals surface area contributed by atoms with Gasteiger partial charge in [0.05, 0.1) is 24.9 Å². The predicted octanol–water partition coefficient (Wildman–Crippen LogP) is 0.395. The molecule has 6 rings (SSSR count). The van der Waals surface area contributed by atoms with Gasteiger partial charge >= 0.3 is 10.2 Å². The van der Waals surface area contributed by atoms with E-state index < -0.39 is 16.3 Å². The number of carbonyl (C=O) groups excluding carboxylic acids is 2. The quantitative estimate of drug-likeness (QED) is 0.151. The van der Waals surface area contributed by atoms with Crippen LogP contribution in [0.15, 0.2) is 35.7 Å². The second-order valence-electron chi connectivity index (χ2n) is 11.0. The maximum absolute atomic E-state index is 13.8. The first-order valence-electron chi connectivity index (χ1n) is 14.1. The molecule has 1 aromatic carbocycles. The molecule has 43 heavy (non-hydrogen) atoms. The number of benzene rings is 1. The fourth-order valence-electron chi connectivity index (χ4n) is 5.75. The van der Waals surface area contributed by atoms with E-state index in [2.05, 4.69) is 22.4 Å². The summed E-state index contributed by atoms with van der Waals surface area (Å²) in [4.78, 5) is 36.1. The first-order chi connectivity index (χ1) is 20.6. The van der Waals surface area contributed by atoms with Crippen molar-refractivity contribution in [3.63, 3.8) is 0 Å². The van der Waals surface area contributed by atoms with Crippen LogP contribution in [0.25, 0.3) is 10.8 Å². The van der Waals surface area contributed by atoms with Crippen molar-refractivity contribution in [2.24, 2.45) is 10.9 Å². The summed E-state index contributed by atoms with van der Waals surface area (Å²) in [5, 5.41) is 17.0. The topological polar surface area (TPSA) is 176 Å². The Kier molecular flexibility index (Phi) is 8.12. The monoisotopic (exact) mass is 630 g/mol.